The molecule has 0 radical (unpaired) electrons. The van der Waals surface area contributed by atoms with Crippen LogP contribution >= 0.6 is 11.8 Å². The smallest absolute Gasteiger partial charge is 0.293 e. The van der Waals surface area contributed by atoms with E-state index in [2.05, 4.69) is 5.32 Å². The molecule has 0 aromatic heterocycles. The number of ether oxygens (including phenoxy) is 3. The molecule has 1 saturated heterocycles. The molecule has 2 aromatic carbocycles. The van der Waals surface area contributed by atoms with E-state index >= 15 is 0 Å². The van der Waals surface area contributed by atoms with Crippen molar-refractivity contribution in [1.29, 1.82) is 0 Å². The number of carbonyl (C=O) groups excluding carboxylic acids is 3. The van der Waals surface area contributed by atoms with Crippen molar-refractivity contribution in [3.63, 3.8) is 0 Å². The number of halogens is 1. The summed E-state index contributed by atoms with van der Waals surface area (Å²) in [7, 11) is 1.52. The summed E-state index contributed by atoms with van der Waals surface area (Å²) in [4.78, 5) is 38.1. The zero-order valence-corrected chi connectivity index (χ0v) is 19.0. The lowest BCUT2D eigenvalue weighted by Crippen LogP contribution is -2.36. The molecule has 1 fully saturated rings. The first-order valence-corrected chi connectivity index (χ1v) is 11.2. The van der Waals surface area contributed by atoms with Crippen LogP contribution in [0.2, 0.25) is 0 Å². The largest absolute Gasteiger partial charge is 0.493 e. The van der Waals surface area contributed by atoms with E-state index in [9.17, 15) is 18.8 Å². The van der Waals surface area contributed by atoms with Crippen molar-refractivity contribution in [2.75, 3.05) is 33.4 Å². The molecule has 2 aliphatic heterocycles. The lowest BCUT2D eigenvalue weighted by atomic mass is 10.1. The number of methoxy groups -OCH3 is 1. The summed E-state index contributed by atoms with van der Waals surface area (Å²) in [6.07, 6.45) is 4.27. The molecule has 2 aliphatic rings. The predicted octanol–water partition coefficient (Wildman–Crippen LogP) is 3.47. The van der Waals surface area contributed by atoms with E-state index in [-0.39, 0.29) is 23.6 Å². The van der Waals surface area contributed by atoms with Crippen molar-refractivity contribution < 1.29 is 33.0 Å². The van der Waals surface area contributed by atoms with Crippen molar-refractivity contribution in [2.45, 2.75) is 0 Å². The Morgan fingerprint density at radius 1 is 1.24 bits per heavy atom. The van der Waals surface area contributed by atoms with E-state index in [0.717, 1.165) is 16.7 Å². The highest BCUT2D eigenvalue weighted by Gasteiger charge is 2.34. The third kappa shape index (κ3) is 5.23. The number of hydrogen-bond acceptors (Lipinski definition) is 7. The summed E-state index contributed by atoms with van der Waals surface area (Å²) in [5, 5.41) is 2.17. The van der Waals surface area contributed by atoms with Crippen molar-refractivity contribution in [2.24, 2.45) is 0 Å². The van der Waals surface area contributed by atoms with Gasteiger partial charge in [0.15, 0.2) is 11.5 Å². The number of rotatable bonds is 7. The van der Waals surface area contributed by atoms with E-state index < -0.39 is 22.9 Å². The number of fused-ring (bicyclic) bond motifs is 1. The second-order valence-electron chi connectivity index (χ2n) is 7.23. The minimum Gasteiger partial charge on any atom is -0.493 e. The van der Waals surface area contributed by atoms with Crippen LogP contribution in [-0.2, 0) is 9.59 Å². The average molecular weight is 485 g/mol. The van der Waals surface area contributed by atoms with Gasteiger partial charge in [-0.3, -0.25) is 19.3 Å². The van der Waals surface area contributed by atoms with Gasteiger partial charge in [-0.15, -0.1) is 0 Å². The molecule has 0 spiro atoms. The van der Waals surface area contributed by atoms with Crippen LogP contribution in [0.25, 0.3) is 12.2 Å². The summed E-state index contributed by atoms with van der Waals surface area (Å²) < 4.78 is 30.3. The molecule has 4 rings (SSSR count). The van der Waals surface area contributed by atoms with Gasteiger partial charge < -0.3 is 19.5 Å². The zero-order chi connectivity index (χ0) is 24.1. The van der Waals surface area contributed by atoms with Gasteiger partial charge in [-0.25, -0.2) is 4.39 Å². The van der Waals surface area contributed by atoms with Crippen LogP contribution in [0, 0.1) is 5.82 Å². The van der Waals surface area contributed by atoms with Gasteiger partial charge in [-0.05, 0) is 47.7 Å². The lowest BCUT2D eigenvalue weighted by Gasteiger charge is -2.20. The number of carbonyl (C=O) groups is 3. The minimum atomic E-state index is -0.522. The third-order valence-electron chi connectivity index (χ3n) is 4.98. The van der Waals surface area contributed by atoms with Crippen LogP contribution in [0.4, 0.5) is 9.18 Å². The highest BCUT2D eigenvalue weighted by molar-refractivity contribution is 8.18. The average Bonchev–Trinajstić information content (AvgIpc) is 3.11. The van der Waals surface area contributed by atoms with Gasteiger partial charge in [0.2, 0.25) is 11.7 Å². The van der Waals surface area contributed by atoms with Crippen molar-refractivity contribution in [3.8, 4) is 17.2 Å². The summed E-state index contributed by atoms with van der Waals surface area (Å²) in [5.41, 5.74) is 0.905. The van der Waals surface area contributed by atoms with Gasteiger partial charge in [0.1, 0.15) is 19.0 Å². The van der Waals surface area contributed by atoms with E-state index in [1.54, 1.807) is 30.3 Å². The summed E-state index contributed by atoms with van der Waals surface area (Å²) >= 11 is 0.738. The number of imide groups is 1. The molecule has 3 amide bonds. The van der Waals surface area contributed by atoms with Crippen LogP contribution in [0.5, 0.6) is 17.2 Å². The van der Waals surface area contributed by atoms with Crippen LogP contribution < -0.4 is 19.5 Å². The molecule has 8 nitrogen and oxygen atoms in total. The number of hydrogen-bond donors (Lipinski definition) is 1. The Hall–Kier alpha value is -3.79. The number of thioether (sulfide) groups is 1. The van der Waals surface area contributed by atoms with Crippen LogP contribution in [0.3, 0.4) is 0 Å². The summed E-state index contributed by atoms with van der Waals surface area (Å²) in [6, 6.07) is 9.44. The van der Waals surface area contributed by atoms with Crippen molar-refractivity contribution >= 4 is 41.0 Å². The fraction of sp³-hybridized carbons (Fsp3) is 0.208. The SMILES string of the molecule is COc1cc(/C=C/C(=O)NCCN2C(=O)S/C(=C/c3ccccc3F)C2=O)cc2c1OCCO2. The minimum absolute atomic E-state index is 0.00327. The van der Waals surface area contributed by atoms with Crippen molar-refractivity contribution in [1.82, 2.24) is 10.2 Å². The van der Waals surface area contributed by atoms with Gasteiger partial charge in [-0.2, -0.15) is 0 Å². The molecule has 2 heterocycles. The van der Waals surface area contributed by atoms with Crippen LogP contribution in [0.1, 0.15) is 11.1 Å². The molecule has 0 aliphatic carbocycles. The summed E-state index contributed by atoms with van der Waals surface area (Å²) in [5.74, 6) is 0.156. The Kier molecular flexibility index (Phi) is 7.17. The quantitative estimate of drug-likeness (QED) is 0.602. The second-order valence-corrected chi connectivity index (χ2v) is 8.22. The van der Waals surface area contributed by atoms with Gasteiger partial charge in [0.25, 0.3) is 11.1 Å². The van der Waals surface area contributed by atoms with E-state index in [4.69, 9.17) is 14.2 Å². The second kappa shape index (κ2) is 10.4. The maximum Gasteiger partial charge on any atom is 0.293 e. The molecule has 10 heteroatoms. The van der Waals surface area contributed by atoms with E-state index in [1.165, 1.54) is 31.4 Å². The van der Waals surface area contributed by atoms with Crippen molar-refractivity contribution in [3.05, 3.63) is 64.3 Å². The highest BCUT2D eigenvalue weighted by Crippen LogP contribution is 2.40. The maximum atomic E-state index is 13.8. The molecule has 2 aromatic rings. The van der Waals surface area contributed by atoms with E-state index in [0.29, 0.717) is 36.0 Å². The summed E-state index contributed by atoms with van der Waals surface area (Å²) in [6.45, 7) is 0.921. The first-order chi connectivity index (χ1) is 16.5. The highest BCUT2D eigenvalue weighted by atomic mass is 32.2. The molecule has 0 atom stereocenters. The molecule has 0 unspecified atom stereocenters. The molecular weight excluding hydrogens is 463 g/mol. The van der Waals surface area contributed by atoms with Crippen LogP contribution in [0.15, 0.2) is 47.4 Å². The lowest BCUT2D eigenvalue weighted by molar-refractivity contribution is -0.123. The molecule has 1 N–H and O–H groups in total. The number of nitrogens with zero attached hydrogens (tertiary/aromatic N) is 1. The normalized spacial score (nSPS) is 16.4. The number of nitrogens with one attached hydrogen (secondary N) is 1. The first-order valence-electron chi connectivity index (χ1n) is 10.4. The predicted molar refractivity (Wildman–Crippen MR) is 125 cm³/mol. The van der Waals surface area contributed by atoms with Crippen LogP contribution in [-0.4, -0.2) is 55.4 Å². The fourth-order valence-electron chi connectivity index (χ4n) is 3.34. The monoisotopic (exact) mass is 484 g/mol. The molecule has 34 heavy (non-hydrogen) atoms. The van der Waals surface area contributed by atoms with Gasteiger partial charge in [0.05, 0.1) is 12.0 Å². The molecular formula is C24H21FN2O6S. The Morgan fingerprint density at radius 3 is 2.82 bits per heavy atom. The van der Waals surface area contributed by atoms with Gasteiger partial charge >= 0.3 is 0 Å². The zero-order valence-electron chi connectivity index (χ0n) is 18.2. The number of benzene rings is 2. The van der Waals surface area contributed by atoms with Gasteiger partial charge in [0, 0.05) is 24.7 Å². The Bertz CT molecular complexity index is 1180. The number of amides is 3. The fourth-order valence-corrected chi connectivity index (χ4v) is 4.19. The third-order valence-corrected chi connectivity index (χ3v) is 5.88. The Labute approximate surface area is 199 Å². The Morgan fingerprint density at radius 2 is 2.03 bits per heavy atom. The first kappa shape index (κ1) is 23.4. The molecule has 0 saturated carbocycles. The molecule has 176 valence electrons. The van der Waals surface area contributed by atoms with E-state index in [1.807, 2.05) is 0 Å². The van der Waals surface area contributed by atoms with Gasteiger partial charge in [-0.1, -0.05) is 18.2 Å². The molecule has 0 bridgehead atoms. The standard InChI is InChI=1S/C24H21FN2O6S/c1-31-18-12-15(13-19-22(18)33-11-10-32-19)6-7-21(28)26-8-9-27-23(29)20(34-24(27)30)14-16-4-2-3-5-17(16)25/h2-7,12-14H,8-11H2,1H3,(H,26,28)/b7-6+,20-14+. The topological polar surface area (TPSA) is 94.2 Å². The maximum absolute atomic E-state index is 13.8. The Balaban J connectivity index is 1.33.